The molecule has 1 N–H and O–H groups in total. The minimum absolute atomic E-state index is 0.201. The molecule has 150 valence electrons. The predicted molar refractivity (Wildman–Crippen MR) is 105 cm³/mol. The fraction of sp³-hybridized carbons (Fsp3) is 0.318. The number of rotatable bonds is 5. The summed E-state index contributed by atoms with van der Waals surface area (Å²) in [5.74, 6) is -2.03. The zero-order chi connectivity index (χ0) is 20.5. The van der Waals surface area contributed by atoms with E-state index in [4.69, 9.17) is 9.47 Å². The number of hydrogen-bond acceptors (Lipinski definition) is 6. The van der Waals surface area contributed by atoms with E-state index in [-0.39, 0.29) is 18.4 Å². The van der Waals surface area contributed by atoms with E-state index < -0.39 is 29.9 Å². The summed E-state index contributed by atoms with van der Waals surface area (Å²) in [6.07, 6.45) is 0. The Morgan fingerprint density at radius 2 is 1.66 bits per heavy atom. The van der Waals surface area contributed by atoms with Crippen molar-refractivity contribution >= 4 is 23.5 Å². The Morgan fingerprint density at radius 1 is 1.00 bits per heavy atom. The van der Waals surface area contributed by atoms with Gasteiger partial charge in [-0.1, -0.05) is 30.3 Å². The molecule has 2 heterocycles. The maximum absolute atomic E-state index is 13.3. The minimum atomic E-state index is -0.878. The zero-order valence-electron chi connectivity index (χ0n) is 16.2. The third-order valence-electron chi connectivity index (χ3n) is 5.51. The summed E-state index contributed by atoms with van der Waals surface area (Å²) in [7, 11) is 1.58. The number of hydrogen-bond donors (Lipinski definition) is 1. The first kappa shape index (κ1) is 19.1. The van der Waals surface area contributed by atoms with Gasteiger partial charge in [0.25, 0.3) is 0 Å². The zero-order valence-corrected chi connectivity index (χ0v) is 16.2. The van der Waals surface area contributed by atoms with E-state index in [0.717, 1.165) is 5.56 Å². The first-order chi connectivity index (χ1) is 14.1. The van der Waals surface area contributed by atoms with Crippen molar-refractivity contribution in [1.82, 2.24) is 5.32 Å². The smallest absolute Gasteiger partial charge is 0.324 e. The van der Waals surface area contributed by atoms with Crippen LogP contribution in [0.5, 0.6) is 5.75 Å². The highest BCUT2D eigenvalue weighted by atomic mass is 16.5. The van der Waals surface area contributed by atoms with Gasteiger partial charge in [0.05, 0.1) is 31.2 Å². The molecule has 2 aliphatic rings. The standard InChI is InChI=1S/C22H22N2O5/c1-3-29-22(27)19-17-16(18(23-19)13-9-11-15(28-2)12-10-13)20(25)24(21(17)26)14-7-5-4-6-8-14/h4-12,16-19,23H,3H2,1-2H3/t16-,17+,18-,19-/m0/s1. The van der Waals surface area contributed by atoms with Gasteiger partial charge in [0.1, 0.15) is 11.8 Å². The Kier molecular flexibility index (Phi) is 5.07. The fourth-order valence-corrected chi connectivity index (χ4v) is 4.21. The number of para-hydroxylation sites is 1. The van der Waals surface area contributed by atoms with Gasteiger partial charge in [-0.25, -0.2) is 4.90 Å². The second-order valence-corrected chi connectivity index (χ2v) is 7.05. The first-order valence-corrected chi connectivity index (χ1v) is 9.56. The van der Waals surface area contributed by atoms with E-state index in [9.17, 15) is 14.4 Å². The summed E-state index contributed by atoms with van der Waals surface area (Å²) in [6, 6.07) is 14.7. The van der Waals surface area contributed by atoms with Crippen molar-refractivity contribution in [2.75, 3.05) is 18.6 Å². The topological polar surface area (TPSA) is 84.9 Å². The molecule has 7 nitrogen and oxygen atoms in total. The van der Waals surface area contributed by atoms with E-state index in [1.54, 1.807) is 50.4 Å². The summed E-state index contributed by atoms with van der Waals surface area (Å²) in [4.78, 5) is 40.3. The first-order valence-electron chi connectivity index (χ1n) is 9.56. The van der Waals surface area contributed by atoms with Crippen LogP contribution in [0.2, 0.25) is 0 Å². The molecule has 7 heteroatoms. The molecule has 2 aromatic carbocycles. The lowest BCUT2D eigenvalue weighted by Crippen LogP contribution is -2.44. The molecule has 0 aromatic heterocycles. The third-order valence-corrected chi connectivity index (χ3v) is 5.51. The van der Waals surface area contributed by atoms with Crippen molar-refractivity contribution in [3.63, 3.8) is 0 Å². The summed E-state index contributed by atoms with van der Waals surface area (Å²) in [5, 5.41) is 3.18. The van der Waals surface area contributed by atoms with Crippen LogP contribution in [0.3, 0.4) is 0 Å². The number of anilines is 1. The molecule has 0 unspecified atom stereocenters. The molecule has 4 atom stereocenters. The second kappa shape index (κ2) is 7.67. The number of benzene rings is 2. The number of carbonyl (C=O) groups is 3. The van der Waals surface area contributed by atoms with E-state index in [0.29, 0.717) is 11.4 Å². The Balaban J connectivity index is 1.74. The largest absolute Gasteiger partial charge is 0.497 e. The van der Waals surface area contributed by atoms with Crippen molar-refractivity contribution in [2.45, 2.75) is 19.0 Å². The van der Waals surface area contributed by atoms with E-state index in [1.807, 2.05) is 18.2 Å². The van der Waals surface area contributed by atoms with Gasteiger partial charge in [-0.2, -0.15) is 0 Å². The molecule has 2 aliphatic heterocycles. The number of ether oxygens (including phenoxy) is 2. The maximum atomic E-state index is 13.3. The van der Waals surface area contributed by atoms with Gasteiger partial charge < -0.3 is 9.47 Å². The van der Waals surface area contributed by atoms with Crippen LogP contribution in [0.1, 0.15) is 18.5 Å². The van der Waals surface area contributed by atoms with Crippen molar-refractivity contribution in [1.29, 1.82) is 0 Å². The van der Waals surface area contributed by atoms with Crippen LogP contribution >= 0.6 is 0 Å². The second-order valence-electron chi connectivity index (χ2n) is 7.05. The van der Waals surface area contributed by atoms with Crippen LogP contribution in [0, 0.1) is 11.8 Å². The average Bonchev–Trinajstić information content (AvgIpc) is 3.26. The van der Waals surface area contributed by atoms with Crippen molar-refractivity contribution in [3.8, 4) is 5.75 Å². The van der Waals surface area contributed by atoms with Gasteiger partial charge >= 0.3 is 5.97 Å². The Labute approximate surface area is 168 Å². The molecular formula is C22H22N2O5. The number of nitrogens with one attached hydrogen (secondary N) is 1. The van der Waals surface area contributed by atoms with Crippen LogP contribution < -0.4 is 15.0 Å². The van der Waals surface area contributed by atoms with Gasteiger partial charge in [0, 0.05) is 6.04 Å². The van der Waals surface area contributed by atoms with Crippen molar-refractivity contribution < 1.29 is 23.9 Å². The van der Waals surface area contributed by atoms with E-state index in [1.165, 1.54) is 4.90 Å². The lowest BCUT2D eigenvalue weighted by Gasteiger charge is -2.22. The van der Waals surface area contributed by atoms with Crippen LogP contribution in [-0.4, -0.2) is 37.5 Å². The Bertz CT molecular complexity index is 928. The van der Waals surface area contributed by atoms with Crippen molar-refractivity contribution in [2.24, 2.45) is 11.8 Å². The molecule has 4 rings (SSSR count). The maximum Gasteiger partial charge on any atom is 0.324 e. The molecule has 0 radical (unpaired) electrons. The Morgan fingerprint density at radius 3 is 2.28 bits per heavy atom. The number of esters is 1. The lowest BCUT2D eigenvalue weighted by atomic mass is 9.86. The van der Waals surface area contributed by atoms with Gasteiger partial charge in [0.15, 0.2) is 0 Å². The van der Waals surface area contributed by atoms with Crippen LogP contribution in [0.25, 0.3) is 0 Å². The summed E-state index contributed by atoms with van der Waals surface area (Å²) in [5.41, 5.74) is 1.32. The third kappa shape index (κ3) is 3.17. The quantitative estimate of drug-likeness (QED) is 0.617. The summed E-state index contributed by atoms with van der Waals surface area (Å²) in [6.45, 7) is 1.91. The number of amides is 2. The average molecular weight is 394 g/mol. The molecule has 29 heavy (non-hydrogen) atoms. The van der Waals surface area contributed by atoms with E-state index in [2.05, 4.69) is 5.32 Å². The fourth-order valence-electron chi connectivity index (χ4n) is 4.21. The molecule has 2 fully saturated rings. The lowest BCUT2D eigenvalue weighted by molar-refractivity contribution is -0.148. The van der Waals surface area contributed by atoms with Crippen LogP contribution in [-0.2, 0) is 19.1 Å². The molecule has 0 spiro atoms. The molecule has 0 bridgehead atoms. The number of carbonyl (C=O) groups excluding carboxylic acids is 3. The molecule has 2 amide bonds. The highest BCUT2D eigenvalue weighted by Crippen LogP contribution is 2.45. The van der Waals surface area contributed by atoms with Gasteiger partial charge in [-0.15, -0.1) is 0 Å². The molecule has 2 saturated heterocycles. The summed E-state index contributed by atoms with van der Waals surface area (Å²) < 4.78 is 10.4. The SMILES string of the molecule is CCOC(=O)[C@H]1N[C@@H](c2ccc(OC)cc2)[C@H]2C(=O)N(c3ccccc3)C(=O)[C@H]21. The normalized spacial score (nSPS) is 25.8. The van der Waals surface area contributed by atoms with Gasteiger partial charge in [0.2, 0.25) is 11.8 Å². The number of nitrogens with zero attached hydrogens (tertiary/aromatic N) is 1. The summed E-state index contributed by atoms with van der Waals surface area (Å²) >= 11 is 0. The van der Waals surface area contributed by atoms with Crippen molar-refractivity contribution in [3.05, 3.63) is 60.2 Å². The highest BCUT2D eigenvalue weighted by Gasteiger charge is 2.61. The van der Waals surface area contributed by atoms with E-state index >= 15 is 0 Å². The number of imide groups is 1. The highest BCUT2D eigenvalue weighted by molar-refractivity contribution is 6.23. The minimum Gasteiger partial charge on any atom is -0.497 e. The number of fused-ring (bicyclic) bond motifs is 1. The molecular weight excluding hydrogens is 372 g/mol. The van der Waals surface area contributed by atoms with Crippen LogP contribution in [0.4, 0.5) is 5.69 Å². The van der Waals surface area contributed by atoms with Gasteiger partial charge in [-0.05, 0) is 36.8 Å². The molecule has 0 aliphatic carbocycles. The number of methoxy groups -OCH3 is 1. The molecule has 2 aromatic rings. The monoisotopic (exact) mass is 394 g/mol. The Hall–Kier alpha value is -3.19. The van der Waals surface area contributed by atoms with Crippen LogP contribution in [0.15, 0.2) is 54.6 Å². The molecule has 0 saturated carbocycles. The van der Waals surface area contributed by atoms with Gasteiger partial charge in [-0.3, -0.25) is 19.7 Å². The predicted octanol–water partition coefficient (Wildman–Crippen LogP) is 2.08.